The Hall–Kier alpha value is -9.18. The van der Waals surface area contributed by atoms with Crippen LogP contribution in [0.1, 0.15) is 47.2 Å². The molecule has 1 heterocycles. The quantitative estimate of drug-likeness (QED) is 0.144. The molecule has 0 atom stereocenters. The van der Waals surface area contributed by atoms with Crippen molar-refractivity contribution >= 4 is 56.1 Å². The van der Waals surface area contributed by atoms with E-state index in [1.54, 1.807) is 0 Å². The summed E-state index contributed by atoms with van der Waals surface area (Å²) < 4.78 is 6.72. The fraction of sp³-hybridized carbons (Fsp3) is 0.0571. The van der Waals surface area contributed by atoms with Gasteiger partial charge in [0, 0.05) is 44.6 Å². The molecule has 0 radical (unpaired) electrons. The van der Waals surface area contributed by atoms with Crippen LogP contribution in [0, 0.1) is 0 Å². The largest absolute Gasteiger partial charge is 0.454 e. The fourth-order valence-electron chi connectivity index (χ4n) is 12.4. The first-order chi connectivity index (χ1) is 36.0. The summed E-state index contributed by atoms with van der Waals surface area (Å²) in [5, 5.41) is 2.22. The Labute approximate surface area is 426 Å². The molecule has 11 aromatic carbocycles. The molecule has 0 saturated carbocycles. The van der Waals surface area contributed by atoms with Crippen molar-refractivity contribution in [3.63, 3.8) is 0 Å². The number of benzene rings is 11. The number of nitrogens with zero attached hydrogens (tertiary/aromatic N) is 2. The van der Waals surface area contributed by atoms with Crippen molar-refractivity contribution in [2.75, 3.05) is 9.80 Å². The molecule has 14 rings (SSSR count). The van der Waals surface area contributed by atoms with Gasteiger partial charge in [-0.25, -0.2) is 0 Å². The molecular weight excluding hydrogens is 885 g/mol. The first-order valence-corrected chi connectivity index (χ1v) is 25.3. The molecule has 0 bridgehead atoms. The molecule has 1 aromatic heterocycles. The minimum absolute atomic E-state index is 0.146. The van der Waals surface area contributed by atoms with Gasteiger partial charge in [0.05, 0.1) is 11.1 Å². The molecule has 0 amide bonds. The van der Waals surface area contributed by atoms with Gasteiger partial charge in [-0.15, -0.1) is 0 Å². The lowest BCUT2D eigenvalue weighted by molar-refractivity contribution is 0.660. The minimum Gasteiger partial charge on any atom is -0.454 e. The molecule has 0 aliphatic heterocycles. The van der Waals surface area contributed by atoms with E-state index in [1.807, 2.05) is 6.07 Å². The number of furan rings is 1. The summed E-state index contributed by atoms with van der Waals surface area (Å²) in [4.78, 5) is 4.75. The third-order valence-corrected chi connectivity index (χ3v) is 15.7. The second-order valence-corrected chi connectivity index (χ2v) is 20.0. The van der Waals surface area contributed by atoms with Crippen molar-refractivity contribution in [2.24, 2.45) is 0 Å². The number of rotatable bonds is 9. The average Bonchev–Trinajstić information content (AvgIpc) is 4.07. The Morgan fingerprint density at radius 2 is 0.781 bits per heavy atom. The first-order valence-electron chi connectivity index (χ1n) is 25.3. The van der Waals surface area contributed by atoms with Gasteiger partial charge >= 0.3 is 0 Å². The third-order valence-electron chi connectivity index (χ3n) is 15.7. The molecule has 3 nitrogen and oxygen atoms in total. The molecule has 0 saturated heterocycles. The molecule has 12 aromatic rings. The highest BCUT2D eigenvalue weighted by molar-refractivity contribution is 6.10. The Kier molecular flexibility index (Phi) is 9.78. The maximum absolute atomic E-state index is 6.72. The average molecular weight is 935 g/mol. The van der Waals surface area contributed by atoms with Crippen LogP contribution in [0.2, 0.25) is 0 Å². The van der Waals surface area contributed by atoms with E-state index >= 15 is 0 Å². The van der Waals surface area contributed by atoms with Crippen molar-refractivity contribution < 1.29 is 4.42 Å². The van der Waals surface area contributed by atoms with E-state index in [0.717, 1.165) is 67.2 Å². The summed E-state index contributed by atoms with van der Waals surface area (Å²) in [6.45, 7) is 4.69. The minimum atomic E-state index is -0.500. The SMILES string of the molecule is CC1(C)c2ccccc2-c2ccc(N(c3ccc(-c4ccc(N(c5ccccc5)c5cccc(C6(c7ccccc7)c7ccccc7-c7ccccc76)c5)cc4)cc3)c3cccc4c3oc3ccccc34)cc21. The molecule has 73 heavy (non-hydrogen) atoms. The van der Waals surface area contributed by atoms with Crippen LogP contribution >= 0.6 is 0 Å². The predicted molar refractivity (Wildman–Crippen MR) is 303 cm³/mol. The number of para-hydroxylation sites is 3. The predicted octanol–water partition coefficient (Wildman–Crippen LogP) is 18.9. The van der Waals surface area contributed by atoms with Crippen LogP contribution in [0.4, 0.5) is 34.1 Å². The van der Waals surface area contributed by atoms with E-state index in [1.165, 1.54) is 55.6 Å². The summed E-state index contributed by atoms with van der Waals surface area (Å²) in [5.41, 5.74) is 22.7. The third kappa shape index (κ3) is 6.59. The Bertz CT molecular complexity index is 4010. The standard InChI is InChI=1S/C70H50N2O/c1-69(2)62-30-13-9-25-56(62)59-44-43-55(46-65(59)69)72(66-33-18-29-61-60-28-12-16-34-67(60)73-68(61)66)53-41-37-48(38-42-53)47-35-39-52(40-36-47)71(51-22-7-4-8-23-51)54-24-17-21-50(45-54)70(49-19-5-3-6-20-49)63-31-14-10-26-57(63)58-27-11-15-32-64(58)70/h3-46H,1-2H3. The highest BCUT2D eigenvalue weighted by atomic mass is 16.3. The van der Waals surface area contributed by atoms with E-state index in [-0.39, 0.29) is 5.41 Å². The lowest BCUT2D eigenvalue weighted by Gasteiger charge is -2.35. The zero-order valence-electron chi connectivity index (χ0n) is 40.7. The van der Waals surface area contributed by atoms with Crippen LogP contribution in [0.3, 0.4) is 0 Å². The normalized spacial score (nSPS) is 13.6. The summed E-state index contributed by atoms with van der Waals surface area (Å²) >= 11 is 0. The molecule has 3 heteroatoms. The first kappa shape index (κ1) is 42.7. The zero-order chi connectivity index (χ0) is 48.7. The molecule has 0 N–H and O–H groups in total. The van der Waals surface area contributed by atoms with Crippen LogP contribution in [0.15, 0.2) is 271 Å². The number of anilines is 6. The monoisotopic (exact) mass is 934 g/mol. The van der Waals surface area contributed by atoms with Gasteiger partial charge in [-0.1, -0.05) is 208 Å². The van der Waals surface area contributed by atoms with Gasteiger partial charge in [0.25, 0.3) is 0 Å². The molecule has 0 unspecified atom stereocenters. The van der Waals surface area contributed by atoms with E-state index in [9.17, 15) is 0 Å². The summed E-state index contributed by atoms with van der Waals surface area (Å²) in [7, 11) is 0. The molecule has 2 aliphatic rings. The van der Waals surface area contributed by atoms with Crippen molar-refractivity contribution in [2.45, 2.75) is 24.7 Å². The Balaban J connectivity index is 0.852. The maximum Gasteiger partial charge on any atom is 0.159 e. The maximum atomic E-state index is 6.72. The zero-order valence-corrected chi connectivity index (χ0v) is 40.7. The smallest absolute Gasteiger partial charge is 0.159 e. The van der Waals surface area contributed by atoms with Crippen molar-refractivity contribution in [1.82, 2.24) is 0 Å². The summed E-state index contributed by atoms with van der Waals surface area (Å²) in [5.74, 6) is 0. The van der Waals surface area contributed by atoms with Gasteiger partial charge in [-0.2, -0.15) is 0 Å². The van der Waals surface area contributed by atoms with Gasteiger partial charge in [-0.3, -0.25) is 0 Å². The van der Waals surface area contributed by atoms with E-state index in [0.29, 0.717) is 0 Å². The van der Waals surface area contributed by atoms with E-state index < -0.39 is 5.41 Å². The van der Waals surface area contributed by atoms with Crippen molar-refractivity contribution in [3.8, 4) is 33.4 Å². The summed E-state index contributed by atoms with van der Waals surface area (Å²) in [6.07, 6.45) is 0. The van der Waals surface area contributed by atoms with Crippen LogP contribution in [0.5, 0.6) is 0 Å². The fourth-order valence-corrected chi connectivity index (χ4v) is 12.4. The van der Waals surface area contributed by atoms with E-state index in [4.69, 9.17) is 4.42 Å². The van der Waals surface area contributed by atoms with E-state index in [2.05, 4.69) is 285 Å². The molecule has 2 aliphatic carbocycles. The molecule has 346 valence electrons. The highest BCUT2D eigenvalue weighted by Gasteiger charge is 2.46. The topological polar surface area (TPSA) is 19.6 Å². The Morgan fingerprint density at radius 1 is 0.315 bits per heavy atom. The molecule has 0 fully saturated rings. The van der Waals surface area contributed by atoms with Crippen LogP contribution < -0.4 is 9.80 Å². The second-order valence-electron chi connectivity index (χ2n) is 20.0. The lowest BCUT2D eigenvalue weighted by Crippen LogP contribution is -2.28. The van der Waals surface area contributed by atoms with Crippen LogP contribution in [-0.4, -0.2) is 0 Å². The van der Waals surface area contributed by atoms with Gasteiger partial charge in [0.1, 0.15) is 5.58 Å². The van der Waals surface area contributed by atoms with Gasteiger partial charge in [0.15, 0.2) is 5.58 Å². The van der Waals surface area contributed by atoms with Crippen LogP contribution in [-0.2, 0) is 10.8 Å². The van der Waals surface area contributed by atoms with Gasteiger partial charge < -0.3 is 14.2 Å². The highest BCUT2D eigenvalue weighted by Crippen LogP contribution is 2.57. The van der Waals surface area contributed by atoms with Gasteiger partial charge in [-0.05, 0) is 140 Å². The number of hydrogen-bond donors (Lipinski definition) is 0. The second kappa shape index (κ2) is 16.7. The van der Waals surface area contributed by atoms with Crippen molar-refractivity contribution in [1.29, 1.82) is 0 Å². The molecular formula is C70H50N2O. The van der Waals surface area contributed by atoms with Crippen LogP contribution in [0.25, 0.3) is 55.3 Å². The Morgan fingerprint density at radius 3 is 1.47 bits per heavy atom. The van der Waals surface area contributed by atoms with Gasteiger partial charge in [0.2, 0.25) is 0 Å². The van der Waals surface area contributed by atoms with Crippen molar-refractivity contribution in [3.05, 3.63) is 300 Å². The number of hydrogen-bond acceptors (Lipinski definition) is 3. The molecule has 0 spiro atoms. The number of fused-ring (bicyclic) bond motifs is 9. The lowest BCUT2D eigenvalue weighted by atomic mass is 9.67. The summed E-state index contributed by atoms with van der Waals surface area (Å²) in [6, 6.07) is 97.5.